The van der Waals surface area contributed by atoms with Crippen LogP contribution in [0.15, 0.2) is 48.7 Å². The predicted octanol–water partition coefficient (Wildman–Crippen LogP) is 1.76. The van der Waals surface area contributed by atoms with Crippen molar-refractivity contribution in [3.8, 4) is 5.75 Å². The highest BCUT2D eigenvalue weighted by Crippen LogP contribution is 2.24. The molecule has 2 amide bonds. The zero-order valence-electron chi connectivity index (χ0n) is 23.2. The van der Waals surface area contributed by atoms with Gasteiger partial charge in [-0.3, -0.25) is 14.4 Å². The van der Waals surface area contributed by atoms with E-state index in [1.165, 1.54) is 32.2 Å². The van der Waals surface area contributed by atoms with E-state index in [4.69, 9.17) is 9.47 Å². The number of rotatable bonds is 6. The van der Waals surface area contributed by atoms with Gasteiger partial charge in [0.25, 0.3) is 5.91 Å². The zero-order valence-corrected chi connectivity index (χ0v) is 23.2. The fourth-order valence-corrected chi connectivity index (χ4v) is 4.33. The van der Waals surface area contributed by atoms with Gasteiger partial charge in [0.1, 0.15) is 17.9 Å². The normalized spacial score (nSPS) is 26.9. The van der Waals surface area contributed by atoms with Gasteiger partial charge in [-0.2, -0.15) is 0 Å². The molecule has 11 heteroatoms. The average Bonchev–Trinajstić information content (AvgIpc) is 2.92. The fourth-order valence-electron chi connectivity index (χ4n) is 4.33. The molecule has 1 aromatic heterocycles. The van der Waals surface area contributed by atoms with Gasteiger partial charge in [0.2, 0.25) is 12.0 Å². The summed E-state index contributed by atoms with van der Waals surface area (Å²) in [7, 11) is 0. The average molecular weight is 556 g/mol. The van der Waals surface area contributed by atoms with E-state index in [0.717, 1.165) is 5.56 Å². The quantitative estimate of drug-likeness (QED) is 0.389. The molecule has 1 aromatic carbocycles. The second-order valence-electron chi connectivity index (χ2n) is 10.5. The first-order valence-corrected chi connectivity index (χ1v) is 13.3. The largest absolute Gasteiger partial charge is 0.505 e. The first-order chi connectivity index (χ1) is 18.9. The van der Waals surface area contributed by atoms with Gasteiger partial charge in [0.15, 0.2) is 5.69 Å². The zero-order chi connectivity index (χ0) is 29.6. The minimum atomic E-state index is -1.44. The van der Waals surface area contributed by atoms with Crippen LogP contribution in [0.5, 0.6) is 5.75 Å². The second-order valence-corrected chi connectivity index (χ2v) is 10.5. The van der Waals surface area contributed by atoms with Crippen molar-refractivity contribution >= 4 is 23.8 Å². The van der Waals surface area contributed by atoms with Crippen molar-refractivity contribution in [2.75, 3.05) is 0 Å². The highest BCUT2D eigenvalue weighted by atomic mass is 16.6. The van der Waals surface area contributed by atoms with E-state index in [9.17, 15) is 29.4 Å². The number of aliphatic hydroxyl groups excluding tert-OH is 1. The number of carbonyl (C=O) groups excluding carboxylic acids is 4. The van der Waals surface area contributed by atoms with Gasteiger partial charge in [-0.15, -0.1) is 0 Å². The number of hydrogen-bond donors (Lipinski definition) is 4. The van der Waals surface area contributed by atoms with Crippen LogP contribution in [-0.2, 0) is 30.3 Å². The molecule has 7 atom stereocenters. The van der Waals surface area contributed by atoms with E-state index in [2.05, 4.69) is 15.6 Å². The van der Waals surface area contributed by atoms with Crippen LogP contribution in [0.1, 0.15) is 50.7 Å². The van der Waals surface area contributed by atoms with Crippen molar-refractivity contribution in [2.24, 2.45) is 17.8 Å². The van der Waals surface area contributed by atoms with E-state index >= 15 is 0 Å². The summed E-state index contributed by atoms with van der Waals surface area (Å²) in [4.78, 5) is 56.8. The Morgan fingerprint density at radius 3 is 2.33 bits per heavy atom. The van der Waals surface area contributed by atoms with Gasteiger partial charge in [0, 0.05) is 12.1 Å². The van der Waals surface area contributed by atoms with Gasteiger partial charge in [-0.05, 0) is 43.9 Å². The molecule has 0 saturated carbocycles. The highest BCUT2D eigenvalue weighted by Gasteiger charge is 2.42. The number of esters is 2. The standard InChI is InChI=1S/C29H37N3O8/c1-15(2)16(3)25-29(38)39-18(5)22(32-27(36)23-21(33)12-9-13-30-23)26(35)31-20(14-19-10-7-6-8-11-19)24(34)17(4)28(37)40-25/h6-13,15-18,20,22,24-25,33-34H,14H2,1-5H3,(H,31,35)(H,32,36)/t16?,17-,18-,20+,22+,24+,25?/m1/s1. The van der Waals surface area contributed by atoms with Crippen LogP contribution in [0.3, 0.4) is 0 Å². The van der Waals surface area contributed by atoms with Crippen molar-refractivity contribution in [1.82, 2.24) is 15.6 Å². The first kappa shape index (κ1) is 30.6. The minimum Gasteiger partial charge on any atom is -0.505 e. The number of carbonyl (C=O) groups is 4. The van der Waals surface area contributed by atoms with Crippen molar-refractivity contribution in [1.29, 1.82) is 0 Å². The molecule has 1 aliphatic rings. The predicted molar refractivity (Wildman–Crippen MR) is 144 cm³/mol. The molecular formula is C29H37N3O8. The summed E-state index contributed by atoms with van der Waals surface area (Å²) in [6.07, 6.45) is -2.47. The smallest absolute Gasteiger partial charge is 0.348 e. The Bertz CT molecular complexity index is 1200. The molecule has 4 N–H and O–H groups in total. The number of ether oxygens (including phenoxy) is 2. The molecule has 1 aliphatic heterocycles. The number of amides is 2. The molecule has 2 unspecified atom stereocenters. The lowest BCUT2D eigenvalue weighted by Crippen LogP contribution is -2.59. The van der Waals surface area contributed by atoms with Crippen molar-refractivity contribution < 1.29 is 38.9 Å². The van der Waals surface area contributed by atoms with Crippen LogP contribution in [0.2, 0.25) is 0 Å². The molecule has 2 heterocycles. The van der Waals surface area contributed by atoms with E-state index in [1.807, 2.05) is 32.0 Å². The van der Waals surface area contributed by atoms with Gasteiger partial charge in [-0.25, -0.2) is 9.78 Å². The first-order valence-electron chi connectivity index (χ1n) is 13.3. The maximum atomic E-state index is 13.6. The molecule has 0 bridgehead atoms. The third kappa shape index (κ3) is 7.35. The number of nitrogens with one attached hydrogen (secondary N) is 2. The molecule has 3 rings (SSSR count). The van der Waals surface area contributed by atoms with E-state index < -0.39 is 71.7 Å². The molecule has 11 nitrogen and oxygen atoms in total. The van der Waals surface area contributed by atoms with E-state index in [-0.39, 0.29) is 18.0 Å². The molecule has 40 heavy (non-hydrogen) atoms. The number of nitrogens with zero attached hydrogens (tertiary/aromatic N) is 1. The second kappa shape index (κ2) is 13.4. The van der Waals surface area contributed by atoms with Crippen LogP contribution in [-0.4, -0.2) is 69.3 Å². The third-order valence-electron chi connectivity index (χ3n) is 7.27. The van der Waals surface area contributed by atoms with Crippen LogP contribution < -0.4 is 10.6 Å². The number of benzene rings is 1. The highest BCUT2D eigenvalue weighted by molar-refractivity contribution is 5.98. The summed E-state index contributed by atoms with van der Waals surface area (Å²) in [5.41, 5.74) is 0.457. The van der Waals surface area contributed by atoms with Crippen LogP contribution >= 0.6 is 0 Å². The topological polar surface area (TPSA) is 164 Å². The van der Waals surface area contributed by atoms with Gasteiger partial charge < -0.3 is 30.3 Å². The fraction of sp³-hybridized carbons (Fsp3) is 0.483. The van der Waals surface area contributed by atoms with Crippen LogP contribution in [0, 0.1) is 17.8 Å². The van der Waals surface area contributed by atoms with Gasteiger partial charge in [-0.1, -0.05) is 51.1 Å². The van der Waals surface area contributed by atoms with Crippen LogP contribution in [0.4, 0.5) is 0 Å². The molecule has 2 aromatic rings. The number of aromatic nitrogens is 1. The maximum absolute atomic E-state index is 13.6. The molecule has 1 fully saturated rings. The minimum absolute atomic E-state index is 0.0782. The van der Waals surface area contributed by atoms with E-state index in [0.29, 0.717) is 0 Å². The Morgan fingerprint density at radius 1 is 1.02 bits per heavy atom. The Hall–Kier alpha value is -3.99. The number of pyridine rings is 1. The Balaban J connectivity index is 2.02. The lowest BCUT2D eigenvalue weighted by molar-refractivity contribution is -0.182. The summed E-state index contributed by atoms with van der Waals surface area (Å²) in [6, 6.07) is 9.35. The number of cyclic esters (lactones) is 2. The number of hydrogen-bond acceptors (Lipinski definition) is 9. The Morgan fingerprint density at radius 2 is 1.70 bits per heavy atom. The molecule has 0 aliphatic carbocycles. The Kier molecular flexibility index (Phi) is 10.2. The molecular weight excluding hydrogens is 518 g/mol. The lowest BCUT2D eigenvalue weighted by Gasteiger charge is -2.34. The number of aromatic hydroxyl groups is 1. The summed E-state index contributed by atoms with van der Waals surface area (Å²) >= 11 is 0. The van der Waals surface area contributed by atoms with Crippen LogP contribution in [0.25, 0.3) is 0 Å². The summed E-state index contributed by atoms with van der Waals surface area (Å²) in [5, 5.41) is 26.6. The van der Waals surface area contributed by atoms with Gasteiger partial charge in [0.05, 0.1) is 18.1 Å². The van der Waals surface area contributed by atoms with Crippen molar-refractivity contribution in [2.45, 2.75) is 71.4 Å². The SMILES string of the molecule is CC(C)C(C)C1OC(=O)[C@H](C)[C@H](O)[C@H](Cc2ccccc2)NC(=O)[C@@H](NC(=O)c2ncccc2O)[C@@H](C)OC1=O. The summed E-state index contributed by atoms with van der Waals surface area (Å²) in [5.74, 6) is -5.38. The molecule has 0 spiro atoms. The maximum Gasteiger partial charge on any atom is 0.348 e. The molecule has 1 saturated heterocycles. The Labute approximate surface area is 233 Å². The molecule has 0 radical (unpaired) electrons. The van der Waals surface area contributed by atoms with Crippen molar-refractivity contribution in [3.63, 3.8) is 0 Å². The monoisotopic (exact) mass is 555 g/mol. The van der Waals surface area contributed by atoms with E-state index in [1.54, 1.807) is 19.1 Å². The lowest BCUT2D eigenvalue weighted by atomic mass is 9.90. The number of aliphatic hydroxyl groups is 1. The summed E-state index contributed by atoms with van der Waals surface area (Å²) in [6.45, 7) is 8.31. The molecule has 216 valence electrons. The third-order valence-corrected chi connectivity index (χ3v) is 7.27. The van der Waals surface area contributed by atoms with Crippen molar-refractivity contribution in [3.05, 3.63) is 59.9 Å². The van der Waals surface area contributed by atoms with Gasteiger partial charge >= 0.3 is 11.9 Å². The summed E-state index contributed by atoms with van der Waals surface area (Å²) < 4.78 is 11.2.